The van der Waals surface area contributed by atoms with Crippen molar-refractivity contribution < 1.29 is 28.9 Å². The molecule has 1 amide bonds. The van der Waals surface area contributed by atoms with Crippen molar-refractivity contribution in [3.63, 3.8) is 0 Å². The number of aryl methyl sites for hydroxylation is 1. The smallest absolute Gasteiger partial charge is 0.290 e. The van der Waals surface area contributed by atoms with Gasteiger partial charge in [0, 0.05) is 23.7 Å². The van der Waals surface area contributed by atoms with Crippen LogP contribution in [0.3, 0.4) is 0 Å². The van der Waals surface area contributed by atoms with Crippen LogP contribution in [0.5, 0.6) is 11.5 Å². The number of amides is 1. The lowest BCUT2D eigenvalue weighted by atomic mass is 10.0. The van der Waals surface area contributed by atoms with Crippen LogP contribution in [0, 0.1) is 6.92 Å². The van der Waals surface area contributed by atoms with Crippen LogP contribution in [-0.2, 0) is 14.3 Å². The van der Waals surface area contributed by atoms with Gasteiger partial charge in [0.2, 0.25) is 5.91 Å². The van der Waals surface area contributed by atoms with Gasteiger partial charge in [0.05, 0.1) is 11.2 Å². The normalized spacial score (nSPS) is 11.9. The Bertz CT molecular complexity index is 1070. The van der Waals surface area contributed by atoms with Gasteiger partial charge in [-0.3, -0.25) is 9.59 Å². The van der Waals surface area contributed by atoms with Gasteiger partial charge in [-0.15, -0.1) is 0 Å². The molecule has 8 nitrogen and oxygen atoms in total. The lowest BCUT2D eigenvalue weighted by Gasteiger charge is -2.19. The number of carbonyl (C=O) groups excluding carboxylic acids is 1. The molecule has 0 bridgehead atoms. The second-order valence-corrected chi connectivity index (χ2v) is 6.50. The van der Waals surface area contributed by atoms with Crippen LogP contribution in [-0.4, -0.2) is 49.4 Å². The Morgan fingerprint density at radius 1 is 1.17 bits per heavy atom. The van der Waals surface area contributed by atoms with Crippen LogP contribution in [0.1, 0.15) is 5.56 Å². The summed E-state index contributed by atoms with van der Waals surface area (Å²) in [5.74, 6) is 1.29. The van der Waals surface area contributed by atoms with Crippen LogP contribution < -0.4 is 14.8 Å². The quantitative estimate of drug-likeness (QED) is 0.636. The van der Waals surface area contributed by atoms with Crippen LogP contribution >= 0.6 is 0 Å². The number of fused-ring (bicyclic) bond motifs is 2. The van der Waals surface area contributed by atoms with Gasteiger partial charge in [-0.2, -0.15) is 0 Å². The second kappa shape index (κ2) is 9.71. The highest BCUT2D eigenvalue weighted by molar-refractivity contribution is 5.95. The van der Waals surface area contributed by atoms with E-state index in [0.717, 1.165) is 39.2 Å². The zero-order valence-electron chi connectivity index (χ0n) is 16.7. The topological polar surface area (TPSA) is 107 Å². The van der Waals surface area contributed by atoms with Crippen molar-refractivity contribution in [1.82, 2.24) is 4.98 Å². The maximum absolute atomic E-state index is 11.8. The lowest BCUT2D eigenvalue weighted by molar-refractivity contribution is -0.123. The Kier molecular flexibility index (Phi) is 6.82. The summed E-state index contributed by atoms with van der Waals surface area (Å²) in [5.41, 5.74) is 4.42. The predicted molar refractivity (Wildman–Crippen MR) is 112 cm³/mol. The van der Waals surface area contributed by atoms with E-state index in [-0.39, 0.29) is 19.0 Å². The Morgan fingerprint density at radius 2 is 1.90 bits per heavy atom. The Labute approximate surface area is 173 Å². The number of nitrogens with zero attached hydrogens (tertiary/aromatic N) is 1. The van der Waals surface area contributed by atoms with Gasteiger partial charge in [-0.1, -0.05) is 6.07 Å². The number of benzene rings is 2. The molecule has 1 aromatic heterocycles. The number of rotatable bonds is 4. The molecule has 0 spiro atoms. The van der Waals surface area contributed by atoms with Crippen LogP contribution in [0.4, 0.5) is 5.69 Å². The number of anilines is 1. The molecular formula is C22H22N2O6. The first kappa shape index (κ1) is 21.1. The zero-order chi connectivity index (χ0) is 21.5. The average Bonchev–Trinajstić information content (AvgIpc) is 2.74. The van der Waals surface area contributed by atoms with Gasteiger partial charge in [-0.05, 0) is 48.9 Å². The minimum atomic E-state index is -0.250. The van der Waals surface area contributed by atoms with Crippen LogP contribution in [0.15, 0.2) is 42.5 Å². The van der Waals surface area contributed by atoms with Gasteiger partial charge < -0.3 is 24.6 Å². The molecule has 8 heteroatoms. The summed E-state index contributed by atoms with van der Waals surface area (Å²) < 4.78 is 16.1. The summed E-state index contributed by atoms with van der Waals surface area (Å²) in [5, 5.41) is 10.7. The van der Waals surface area contributed by atoms with Crippen molar-refractivity contribution >= 4 is 29.0 Å². The Morgan fingerprint density at radius 3 is 2.63 bits per heavy atom. The molecule has 156 valence electrons. The highest BCUT2D eigenvalue weighted by Gasteiger charge is 2.14. The van der Waals surface area contributed by atoms with Gasteiger partial charge in [-0.25, -0.2) is 4.98 Å². The third kappa shape index (κ3) is 4.84. The first-order chi connectivity index (χ1) is 14.5. The molecule has 0 aliphatic carbocycles. The number of carboxylic acid groups (broad SMARTS) is 1. The fourth-order valence-corrected chi connectivity index (χ4v) is 3.16. The number of pyridine rings is 1. The molecule has 1 aliphatic heterocycles. The van der Waals surface area contributed by atoms with E-state index in [0.29, 0.717) is 18.9 Å². The zero-order valence-corrected chi connectivity index (χ0v) is 16.7. The molecule has 0 saturated heterocycles. The first-order valence-electron chi connectivity index (χ1n) is 9.23. The van der Waals surface area contributed by atoms with Crippen molar-refractivity contribution in [2.75, 3.05) is 32.2 Å². The fraction of sp³-hybridized carbons (Fsp3) is 0.227. The largest absolute Gasteiger partial charge is 0.486 e. The van der Waals surface area contributed by atoms with E-state index in [2.05, 4.69) is 18.3 Å². The summed E-state index contributed by atoms with van der Waals surface area (Å²) in [7, 11) is 1.49. The van der Waals surface area contributed by atoms with Crippen LogP contribution in [0.2, 0.25) is 0 Å². The molecule has 1 aliphatic rings. The van der Waals surface area contributed by atoms with Crippen LogP contribution in [0.25, 0.3) is 22.2 Å². The van der Waals surface area contributed by atoms with Gasteiger partial charge in [0.1, 0.15) is 19.8 Å². The number of ether oxygens (including phenoxy) is 3. The summed E-state index contributed by atoms with van der Waals surface area (Å²) in [6, 6.07) is 13.6. The molecule has 30 heavy (non-hydrogen) atoms. The number of methoxy groups -OCH3 is 1. The maximum atomic E-state index is 11.8. The SMILES string of the molecule is COCC(=O)Nc1ccc2c(C)cc(-c3ccc4c(c3)OCCO4)nc2c1.O=CO. The highest BCUT2D eigenvalue weighted by Crippen LogP contribution is 2.35. The fourth-order valence-electron chi connectivity index (χ4n) is 3.16. The minimum absolute atomic E-state index is 0.0156. The number of nitrogens with one attached hydrogen (secondary N) is 1. The number of hydrogen-bond donors (Lipinski definition) is 2. The standard InChI is InChI=1S/C21H20N2O4.CH2O2/c1-13-9-17(14-3-6-19-20(10-14)27-8-7-26-19)23-18-11-15(4-5-16(13)18)22-21(24)12-25-2;2-1-3/h3-6,9-11H,7-8,12H2,1-2H3,(H,22,24);1H,(H,2,3). The molecular weight excluding hydrogens is 388 g/mol. The number of aromatic nitrogens is 1. The van der Waals surface area contributed by atoms with E-state index in [1.807, 2.05) is 36.4 Å². The molecule has 0 atom stereocenters. The van der Waals surface area contributed by atoms with Crippen molar-refractivity contribution in [1.29, 1.82) is 0 Å². The Hall–Kier alpha value is -3.65. The highest BCUT2D eigenvalue weighted by atomic mass is 16.6. The molecule has 0 saturated carbocycles. The van der Waals surface area contributed by atoms with Crippen molar-refractivity contribution in [3.05, 3.63) is 48.0 Å². The summed E-state index contributed by atoms with van der Waals surface area (Å²) in [6.07, 6.45) is 0. The summed E-state index contributed by atoms with van der Waals surface area (Å²) >= 11 is 0. The molecule has 2 N–H and O–H groups in total. The lowest BCUT2D eigenvalue weighted by Crippen LogP contribution is -2.17. The monoisotopic (exact) mass is 410 g/mol. The second-order valence-electron chi connectivity index (χ2n) is 6.50. The van der Waals surface area contributed by atoms with E-state index in [4.69, 9.17) is 29.1 Å². The van der Waals surface area contributed by atoms with E-state index in [1.54, 1.807) is 0 Å². The third-order valence-electron chi connectivity index (χ3n) is 4.41. The maximum Gasteiger partial charge on any atom is 0.290 e. The molecule has 4 rings (SSSR count). The van der Waals surface area contributed by atoms with Gasteiger partial charge in [0.25, 0.3) is 6.47 Å². The van der Waals surface area contributed by atoms with E-state index in [9.17, 15) is 4.79 Å². The molecule has 0 unspecified atom stereocenters. The Balaban J connectivity index is 0.000000806. The predicted octanol–water partition coefficient (Wildman–Crippen LogP) is 3.27. The molecule has 0 radical (unpaired) electrons. The van der Waals surface area contributed by atoms with Crippen molar-refractivity contribution in [2.45, 2.75) is 6.92 Å². The first-order valence-corrected chi connectivity index (χ1v) is 9.23. The summed E-state index contributed by atoms with van der Waals surface area (Å²) in [6.45, 7) is 2.93. The molecule has 2 heterocycles. The summed E-state index contributed by atoms with van der Waals surface area (Å²) in [4.78, 5) is 24.9. The van der Waals surface area contributed by atoms with E-state index < -0.39 is 0 Å². The number of hydrogen-bond acceptors (Lipinski definition) is 6. The van der Waals surface area contributed by atoms with Crippen molar-refractivity contribution in [2.24, 2.45) is 0 Å². The minimum Gasteiger partial charge on any atom is -0.486 e. The van der Waals surface area contributed by atoms with E-state index in [1.165, 1.54) is 7.11 Å². The van der Waals surface area contributed by atoms with Crippen molar-refractivity contribution in [3.8, 4) is 22.8 Å². The van der Waals surface area contributed by atoms with E-state index >= 15 is 0 Å². The molecule has 3 aromatic rings. The molecule has 2 aromatic carbocycles. The third-order valence-corrected chi connectivity index (χ3v) is 4.41. The van der Waals surface area contributed by atoms with Gasteiger partial charge >= 0.3 is 0 Å². The van der Waals surface area contributed by atoms with Gasteiger partial charge in [0.15, 0.2) is 11.5 Å². The number of carbonyl (C=O) groups is 2. The average molecular weight is 410 g/mol. The molecule has 0 fully saturated rings.